The van der Waals surface area contributed by atoms with E-state index < -0.39 is 0 Å². The van der Waals surface area contributed by atoms with Gasteiger partial charge in [0.2, 0.25) is 0 Å². The summed E-state index contributed by atoms with van der Waals surface area (Å²) in [7, 11) is 0. The third-order valence-electron chi connectivity index (χ3n) is 2.91. The highest BCUT2D eigenvalue weighted by Gasteiger charge is 2.08. The number of hydrogen-bond acceptors (Lipinski definition) is 3. The lowest BCUT2D eigenvalue weighted by Crippen LogP contribution is -1.85. The zero-order valence-electron chi connectivity index (χ0n) is 10.3. The van der Waals surface area contributed by atoms with Crippen LogP contribution in [0, 0.1) is 12.7 Å². The summed E-state index contributed by atoms with van der Waals surface area (Å²) in [5, 5.41) is 2.89. The van der Waals surface area contributed by atoms with Crippen LogP contribution in [0.2, 0.25) is 0 Å². The first-order valence-corrected chi connectivity index (χ1v) is 6.74. The predicted octanol–water partition coefficient (Wildman–Crippen LogP) is 4.32. The fraction of sp³-hybridized carbons (Fsp3) is 0.0667. The van der Waals surface area contributed by atoms with Crippen molar-refractivity contribution >= 4 is 11.3 Å². The molecule has 3 rings (SSSR count). The second-order valence-corrected chi connectivity index (χ2v) is 5.09. The number of benzene rings is 1. The van der Waals surface area contributed by atoms with Gasteiger partial charge in [-0.3, -0.25) is 4.98 Å². The van der Waals surface area contributed by atoms with E-state index in [2.05, 4.69) is 9.97 Å². The van der Waals surface area contributed by atoms with Crippen molar-refractivity contribution in [2.45, 2.75) is 6.92 Å². The van der Waals surface area contributed by atoms with Crippen LogP contribution in [-0.4, -0.2) is 9.97 Å². The Morgan fingerprint density at radius 2 is 1.89 bits per heavy atom. The van der Waals surface area contributed by atoms with Crippen LogP contribution in [0.5, 0.6) is 0 Å². The number of thiazole rings is 1. The summed E-state index contributed by atoms with van der Waals surface area (Å²) in [5.41, 5.74) is 4.02. The molecule has 0 amide bonds. The van der Waals surface area contributed by atoms with E-state index in [0.717, 1.165) is 27.4 Å². The van der Waals surface area contributed by atoms with Gasteiger partial charge in [-0.2, -0.15) is 0 Å². The Balaban J connectivity index is 2.00. The maximum Gasteiger partial charge on any atom is 0.124 e. The van der Waals surface area contributed by atoms with Crippen molar-refractivity contribution in [2.24, 2.45) is 0 Å². The molecule has 4 heteroatoms. The maximum absolute atomic E-state index is 12.9. The van der Waals surface area contributed by atoms with Gasteiger partial charge in [0.15, 0.2) is 0 Å². The van der Waals surface area contributed by atoms with E-state index in [9.17, 15) is 4.39 Å². The molecule has 2 nitrogen and oxygen atoms in total. The van der Waals surface area contributed by atoms with Crippen LogP contribution >= 0.6 is 11.3 Å². The van der Waals surface area contributed by atoms with Gasteiger partial charge < -0.3 is 0 Å². The zero-order valence-corrected chi connectivity index (χ0v) is 11.1. The minimum Gasteiger partial charge on any atom is -0.264 e. The quantitative estimate of drug-likeness (QED) is 0.693. The van der Waals surface area contributed by atoms with Crippen molar-refractivity contribution in [1.29, 1.82) is 0 Å². The van der Waals surface area contributed by atoms with Crippen molar-refractivity contribution in [3.63, 3.8) is 0 Å². The molecule has 2 aromatic heterocycles. The highest BCUT2D eigenvalue weighted by Crippen LogP contribution is 2.29. The first-order valence-electron chi connectivity index (χ1n) is 5.86. The summed E-state index contributed by atoms with van der Waals surface area (Å²) in [5.74, 6) is -0.233. The molecule has 0 spiro atoms. The van der Waals surface area contributed by atoms with Crippen LogP contribution < -0.4 is 0 Å². The molecule has 0 atom stereocenters. The van der Waals surface area contributed by atoms with E-state index in [-0.39, 0.29) is 5.82 Å². The van der Waals surface area contributed by atoms with Crippen LogP contribution in [-0.2, 0) is 0 Å². The van der Waals surface area contributed by atoms with E-state index in [1.54, 1.807) is 29.7 Å². The zero-order chi connectivity index (χ0) is 13.2. The number of pyridine rings is 1. The molecule has 0 N–H and O–H groups in total. The highest BCUT2D eigenvalue weighted by molar-refractivity contribution is 7.13. The number of halogens is 1. The van der Waals surface area contributed by atoms with Gasteiger partial charge >= 0.3 is 0 Å². The largest absolute Gasteiger partial charge is 0.264 e. The van der Waals surface area contributed by atoms with Crippen LogP contribution in [0.15, 0.2) is 48.1 Å². The van der Waals surface area contributed by atoms with Crippen molar-refractivity contribution < 1.29 is 4.39 Å². The minimum absolute atomic E-state index is 0.233. The first-order chi connectivity index (χ1) is 9.24. The van der Waals surface area contributed by atoms with Gasteiger partial charge in [0.1, 0.15) is 10.8 Å². The van der Waals surface area contributed by atoms with Gasteiger partial charge in [0.05, 0.1) is 5.69 Å². The Morgan fingerprint density at radius 1 is 1.11 bits per heavy atom. The predicted molar refractivity (Wildman–Crippen MR) is 75.5 cm³/mol. The second-order valence-electron chi connectivity index (χ2n) is 4.24. The van der Waals surface area contributed by atoms with E-state index in [1.807, 2.05) is 24.6 Å². The number of nitrogens with zero attached hydrogens (tertiary/aromatic N) is 2. The van der Waals surface area contributed by atoms with Crippen LogP contribution in [0.25, 0.3) is 21.8 Å². The normalized spacial score (nSPS) is 10.6. The molecule has 2 heterocycles. The summed E-state index contributed by atoms with van der Waals surface area (Å²) in [4.78, 5) is 8.73. The third kappa shape index (κ3) is 2.39. The molecule has 0 bridgehead atoms. The number of aryl methyl sites for hydroxylation is 1. The molecule has 0 aliphatic rings. The van der Waals surface area contributed by atoms with Crippen molar-refractivity contribution in [1.82, 2.24) is 9.97 Å². The van der Waals surface area contributed by atoms with Gasteiger partial charge in [-0.1, -0.05) is 0 Å². The standard InChI is InChI=1S/C15H11FN2S/c1-10-6-7-17-8-13(10)14-9-19-15(18-14)11-2-4-12(16)5-3-11/h2-9H,1H3. The Labute approximate surface area is 114 Å². The number of hydrogen-bond donors (Lipinski definition) is 0. The lowest BCUT2D eigenvalue weighted by atomic mass is 10.1. The smallest absolute Gasteiger partial charge is 0.124 e. The molecule has 94 valence electrons. The molecular weight excluding hydrogens is 259 g/mol. The Kier molecular flexibility index (Phi) is 3.09. The van der Waals surface area contributed by atoms with Gasteiger partial charge in [0.25, 0.3) is 0 Å². The van der Waals surface area contributed by atoms with E-state index in [1.165, 1.54) is 12.1 Å². The fourth-order valence-corrected chi connectivity index (χ4v) is 2.68. The summed E-state index contributed by atoms with van der Waals surface area (Å²) < 4.78 is 12.9. The maximum atomic E-state index is 12.9. The minimum atomic E-state index is -0.233. The summed E-state index contributed by atoms with van der Waals surface area (Å²) in [6.07, 6.45) is 3.59. The molecule has 0 saturated carbocycles. The van der Waals surface area contributed by atoms with Crippen LogP contribution in [0.4, 0.5) is 4.39 Å². The number of aromatic nitrogens is 2. The molecule has 0 radical (unpaired) electrons. The van der Waals surface area contributed by atoms with E-state index >= 15 is 0 Å². The van der Waals surface area contributed by atoms with Crippen LogP contribution in [0.3, 0.4) is 0 Å². The Hall–Kier alpha value is -2.07. The van der Waals surface area contributed by atoms with E-state index in [4.69, 9.17) is 0 Å². The summed E-state index contributed by atoms with van der Waals surface area (Å²) in [6, 6.07) is 8.35. The highest BCUT2D eigenvalue weighted by atomic mass is 32.1. The summed E-state index contributed by atoms with van der Waals surface area (Å²) >= 11 is 1.55. The van der Waals surface area contributed by atoms with Gasteiger partial charge in [0, 0.05) is 28.9 Å². The average molecular weight is 270 g/mol. The lowest BCUT2D eigenvalue weighted by molar-refractivity contribution is 0.628. The molecule has 0 fully saturated rings. The Morgan fingerprint density at radius 3 is 2.63 bits per heavy atom. The molecular formula is C15H11FN2S. The van der Waals surface area contributed by atoms with Crippen molar-refractivity contribution in [2.75, 3.05) is 0 Å². The average Bonchev–Trinajstić information content (AvgIpc) is 2.89. The molecule has 0 unspecified atom stereocenters. The lowest BCUT2D eigenvalue weighted by Gasteiger charge is -2.00. The number of rotatable bonds is 2. The fourth-order valence-electron chi connectivity index (χ4n) is 1.85. The monoisotopic (exact) mass is 270 g/mol. The molecule has 19 heavy (non-hydrogen) atoms. The topological polar surface area (TPSA) is 25.8 Å². The SMILES string of the molecule is Cc1ccncc1-c1csc(-c2ccc(F)cc2)n1. The third-order valence-corrected chi connectivity index (χ3v) is 3.80. The van der Waals surface area contributed by atoms with Gasteiger partial charge in [-0.15, -0.1) is 11.3 Å². The second kappa shape index (κ2) is 4.90. The molecule has 3 aromatic rings. The van der Waals surface area contributed by atoms with Gasteiger partial charge in [-0.05, 0) is 42.8 Å². The Bertz CT molecular complexity index is 704. The van der Waals surface area contributed by atoms with Crippen LogP contribution in [0.1, 0.15) is 5.56 Å². The van der Waals surface area contributed by atoms with E-state index in [0.29, 0.717) is 0 Å². The first kappa shape index (κ1) is 12.0. The summed E-state index contributed by atoms with van der Waals surface area (Å²) in [6.45, 7) is 2.04. The molecule has 0 saturated heterocycles. The van der Waals surface area contributed by atoms with Crippen molar-refractivity contribution in [3.05, 3.63) is 59.5 Å². The molecule has 0 aliphatic heterocycles. The molecule has 1 aromatic carbocycles. The van der Waals surface area contributed by atoms with Crippen molar-refractivity contribution in [3.8, 4) is 21.8 Å². The van der Waals surface area contributed by atoms with Gasteiger partial charge in [-0.25, -0.2) is 9.37 Å². The molecule has 0 aliphatic carbocycles.